The molecule has 0 saturated carbocycles. The number of aryl methyl sites for hydroxylation is 3. The molecule has 6 heteroatoms. The summed E-state index contributed by atoms with van der Waals surface area (Å²) in [5.74, 6) is -0.709. The highest BCUT2D eigenvalue weighted by Crippen LogP contribution is 2.24. The Bertz CT molecular complexity index is 652. The Hall–Kier alpha value is -1.69. The number of anilines is 1. The van der Waals surface area contributed by atoms with E-state index >= 15 is 0 Å². The predicted octanol–water partition coefficient (Wildman–Crippen LogP) is 3.19. The van der Waals surface area contributed by atoms with Crippen LogP contribution in [0.2, 0.25) is 0 Å². The van der Waals surface area contributed by atoms with Gasteiger partial charge in [0.05, 0.1) is 15.7 Å². The Morgan fingerprint density at radius 2 is 2.11 bits per heavy atom. The Kier molecular flexibility index (Phi) is 3.71. The maximum atomic E-state index is 13.5. The Labute approximate surface area is 118 Å². The number of benzene rings is 1. The van der Waals surface area contributed by atoms with E-state index in [9.17, 15) is 9.18 Å². The fraction of sp³-hybridized carbons (Fsp3) is 0.231. The van der Waals surface area contributed by atoms with Crippen LogP contribution >= 0.6 is 15.9 Å². The molecule has 1 amide bonds. The van der Waals surface area contributed by atoms with Crippen LogP contribution in [0.15, 0.2) is 22.8 Å². The summed E-state index contributed by atoms with van der Waals surface area (Å²) in [5.41, 5.74) is 2.34. The molecule has 0 aliphatic carbocycles. The van der Waals surface area contributed by atoms with Gasteiger partial charge in [0.2, 0.25) is 0 Å². The first-order valence-corrected chi connectivity index (χ1v) is 6.45. The molecule has 100 valence electrons. The number of halogens is 2. The van der Waals surface area contributed by atoms with Crippen LogP contribution in [0.4, 0.5) is 10.1 Å². The molecule has 0 aliphatic rings. The monoisotopic (exact) mass is 325 g/mol. The molecule has 2 aromatic rings. The topological polar surface area (TPSA) is 46.9 Å². The molecule has 1 heterocycles. The molecular weight excluding hydrogens is 313 g/mol. The number of carbonyl (C=O) groups excluding carboxylic acids is 1. The summed E-state index contributed by atoms with van der Waals surface area (Å²) in [5, 5.41) is 6.80. The van der Waals surface area contributed by atoms with Gasteiger partial charge >= 0.3 is 0 Å². The second-order valence-electron chi connectivity index (χ2n) is 4.34. The van der Waals surface area contributed by atoms with Gasteiger partial charge in [0.15, 0.2) is 0 Å². The van der Waals surface area contributed by atoms with Gasteiger partial charge in [-0.05, 0) is 47.5 Å². The van der Waals surface area contributed by atoms with Crippen molar-refractivity contribution in [2.75, 3.05) is 5.32 Å². The molecule has 0 spiro atoms. The van der Waals surface area contributed by atoms with Crippen LogP contribution in [0, 0.1) is 19.7 Å². The summed E-state index contributed by atoms with van der Waals surface area (Å²) in [7, 11) is 1.74. The molecule has 2 rings (SSSR count). The highest BCUT2D eigenvalue weighted by Gasteiger charge is 2.14. The first-order chi connectivity index (χ1) is 8.88. The van der Waals surface area contributed by atoms with Gasteiger partial charge in [-0.1, -0.05) is 0 Å². The molecule has 4 nitrogen and oxygen atoms in total. The molecule has 0 radical (unpaired) electrons. The lowest BCUT2D eigenvalue weighted by Crippen LogP contribution is -2.13. The summed E-state index contributed by atoms with van der Waals surface area (Å²) in [4.78, 5) is 12.1. The van der Waals surface area contributed by atoms with Gasteiger partial charge in [0.25, 0.3) is 5.91 Å². The number of hydrogen-bond donors (Lipinski definition) is 1. The molecule has 1 aromatic heterocycles. The lowest BCUT2D eigenvalue weighted by atomic mass is 10.2. The van der Waals surface area contributed by atoms with Crippen LogP contribution < -0.4 is 5.32 Å². The summed E-state index contributed by atoms with van der Waals surface area (Å²) in [6.07, 6.45) is 1.63. The molecule has 19 heavy (non-hydrogen) atoms. The zero-order chi connectivity index (χ0) is 14.2. The third kappa shape index (κ3) is 2.84. The lowest BCUT2D eigenvalue weighted by Gasteiger charge is -2.09. The maximum absolute atomic E-state index is 13.5. The summed E-state index contributed by atoms with van der Waals surface area (Å²) >= 11 is 3.11. The van der Waals surface area contributed by atoms with Gasteiger partial charge in [-0.3, -0.25) is 9.48 Å². The van der Waals surface area contributed by atoms with Gasteiger partial charge in [-0.2, -0.15) is 5.10 Å². The van der Waals surface area contributed by atoms with Crippen LogP contribution in [0.3, 0.4) is 0 Å². The zero-order valence-electron chi connectivity index (χ0n) is 10.8. The Morgan fingerprint density at radius 3 is 2.68 bits per heavy atom. The van der Waals surface area contributed by atoms with Gasteiger partial charge in [0.1, 0.15) is 5.82 Å². The number of amides is 1. The molecule has 1 aromatic carbocycles. The summed E-state index contributed by atoms with van der Waals surface area (Å²) in [6.45, 7) is 3.56. The first kappa shape index (κ1) is 13.7. The zero-order valence-corrected chi connectivity index (χ0v) is 12.4. The van der Waals surface area contributed by atoms with Crippen molar-refractivity contribution in [3.63, 3.8) is 0 Å². The van der Waals surface area contributed by atoms with Crippen LogP contribution in [0.5, 0.6) is 0 Å². The smallest absolute Gasteiger partial charge is 0.259 e. The van der Waals surface area contributed by atoms with Crippen LogP contribution in [0.25, 0.3) is 0 Å². The van der Waals surface area contributed by atoms with E-state index in [2.05, 4.69) is 26.3 Å². The first-order valence-electron chi connectivity index (χ1n) is 5.65. The van der Waals surface area contributed by atoms with Crippen molar-refractivity contribution in [3.05, 3.63) is 45.4 Å². The quantitative estimate of drug-likeness (QED) is 0.921. The number of nitrogens with one attached hydrogen (secondary N) is 1. The van der Waals surface area contributed by atoms with Gasteiger partial charge in [-0.15, -0.1) is 0 Å². The number of hydrogen-bond acceptors (Lipinski definition) is 2. The van der Waals surface area contributed by atoms with E-state index in [1.54, 1.807) is 37.8 Å². The molecule has 0 aliphatic heterocycles. The van der Waals surface area contributed by atoms with Crippen LogP contribution in [-0.2, 0) is 7.05 Å². The van der Waals surface area contributed by atoms with E-state index in [0.717, 1.165) is 5.56 Å². The highest BCUT2D eigenvalue weighted by atomic mass is 79.9. The maximum Gasteiger partial charge on any atom is 0.259 e. The Balaban J connectivity index is 2.29. The molecule has 0 atom stereocenters. The van der Waals surface area contributed by atoms with Crippen molar-refractivity contribution >= 4 is 27.5 Å². The standard InChI is InChI=1S/C13H13BrFN3O/c1-7-4-10(14)11(15)5-12(7)16-13(19)9-6-18(3)17-8(9)2/h4-6H,1-3H3,(H,16,19). The number of carbonyl (C=O) groups is 1. The molecule has 0 bridgehead atoms. The van der Waals surface area contributed by atoms with Crippen molar-refractivity contribution < 1.29 is 9.18 Å². The molecular formula is C13H13BrFN3O. The largest absolute Gasteiger partial charge is 0.322 e. The van der Waals surface area contributed by atoms with Crippen molar-refractivity contribution in [2.24, 2.45) is 7.05 Å². The van der Waals surface area contributed by atoms with E-state index in [4.69, 9.17) is 0 Å². The van der Waals surface area contributed by atoms with Crippen molar-refractivity contribution in [3.8, 4) is 0 Å². The summed E-state index contributed by atoms with van der Waals surface area (Å²) in [6, 6.07) is 2.92. The fourth-order valence-corrected chi connectivity index (χ4v) is 2.25. The van der Waals surface area contributed by atoms with Crippen molar-refractivity contribution in [2.45, 2.75) is 13.8 Å². The highest BCUT2D eigenvalue weighted by molar-refractivity contribution is 9.10. The SMILES string of the molecule is Cc1cc(Br)c(F)cc1NC(=O)c1cn(C)nc1C. The van der Waals surface area contributed by atoms with Gasteiger partial charge in [0, 0.05) is 18.9 Å². The van der Waals surface area contributed by atoms with Crippen molar-refractivity contribution in [1.82, 2.24) is 9.78 Å². The van der Waals surface area contributed by atoms with E-state index < -0.39 is 5.82 Å². The Morgan fingerprint density at radius 1 is 1.42 bits per heavy atom. The molecule has 1 N–H and O–H groups in total. The minimum absolute atomic E-state index is 0.296. The van der Waals surface area contributed by atoms with Gasteiger partial charge in [-0.25, -0.2) is 4.39 Å². The fourth-order valence-electron chi connectivity index (χ4n) is 1.79. The normalized spacial score (nSPS) is 10.6. The van der Waals surface area contributed by atoms with Crippen LogP contribution in [0.1, 0.15) is 21.6 Å². The van der Waals surface area contributed by atoms with E-state index in [1.807, 2.05) is 0 Å². The second kappa shape index (κ2) is 5.13. The minimum atomic E-state index is -0.413. The molecule has 0 saturated heterocycles. The second-order valence-corrected chi connectivity index (χ2v) is 5.19. The number of nitrogens with zero attached hydrogens (tertiary/aromatic N) is 2. The van der Waals surface area contributed by atoms with E-state index in [-0.39, 0.29) is 5.91 Å². The van der Waals surface area contributed by atoms with E-state index in [1.165, 1.54) is 6.07 Å². The van der Waals surface area contributed by atoms with Gasteiger partial charge < -0.3 is 5.32 Å². The minimum Gasteiger partial charge on any atom is -0.322 e. The third-order valence-electron chi connectivity index (χ3n) is 2.77. The summed E-state index contributed by atoms with van der Waals surface area (Å²) < 4.78 is 15.4. The van der Waals surface area contributed by atoms with Crippen LogP contribution in [-0.4, -0.2) is 15.7 Å². The lowest BCUT2D eigenvalue weighted by molar-refractivity contribution is 0.102. The average Bonchev–Trinajstić information content (AvgIpc) is 2.65. The predicted molar refractivity (Wildman–Crippen MR) is 74.7 cm³/mol. The number of rotatable bonds is 2. The third-order valence-corrected chi connectivity index (χ3v) is 3.38. The molecule has 0 fully saturated rings. The van der Waals surface area contributed by atoms with Crippen molar-refractivity contribution in [1.29, 1.82) is 0 Å². The van der Waals surface area contributed by atoms with E-state index in [0.29, 0.717) is 21.4 Å². The average molecular weight is 326 g/mol. The number of aromatic nitrogens is 2. The molecule has 0 unspecified atom stereocenters.